The fraction of sp³-hybridized carbons (Fsp3) is 0.0526. The highest BCUT2D eigenvalue weighted by atomic mass is 16.3. The number of hydrogen-bond acceptors (Lipinski definition) is 3. The zero-order chi connectivity index (χ0) is 16.9. The molecule has 3 aromatic rings. The molecule has 1 aromatic heterocycles. The van der Waals surface area contributed by atoms with Gasteiger partial charge in [-0.3, -0.25) is 9.59 Å². The van der Waals surface area contributed by atoms with Crippen LogP contribution < -0.4 is 10.6 Å². The van der Waals surface area contributed by atoms with Gasteiger partial charge >= 0.3 is 0 Å². The van der Waals surface area contributed by atoms with Crippen molar-refractivity contribution in [3.8, 4) is 0 Å². The number of para-hydroxylation sites is 1. The Kier molecular flexibility index (Phi) is 4.43. The first kappa shape index (κ1) is 15.6. The standard InChI is InChI=1S/C19H16N2O3/c1-13(22)20-15-6-4-7-16(12-15)21-19(23)10-9-17-11-14-5-2-3-8-18(14)24-17/h2-12H,1H3,(H,20,22)(H,21,23)/b10-9+. The molecule has 3 rings (SSSR count). The lowest BCUT2D eigenvalue weighted by Crippen LogP contribution is -2.09. The first-order valence-corrected chi connectivity index (χ1v) is 7.45. The number of rotatable bonds is 4. The summed E-state index contributed by atoms with van der Waals surface area (Å²) in [6.07, 6.45) is 3.02. The second-order valence-electron chi connectivity index (χ2n) is 5.27. The summed E-state index contributed by atoms with van der Waals surface area (Å²) in [5, 5.41) is 6.40. The molecule has 0 radical (unpaired) electrons. The molecule has 0 aliphatic heterocycles. The minimum atomic E-state index is -0.282. The number of fused-ring (bicyclic) bond motifs is 1. The summed E-state index contributed by atoms with van der Waals surface area (Å²) in [7, 11) is 0. The van der Waals surface area contributed by atoms with Crippen molar-refractivity contribution in [2.24, 2.45) is 0 Å². The van der Waals surface area contributed by atoms with Crippen LogP contribution in [0.5, 0.6) is 0 Å². The second kappa shape index (κ2) is 6.83. The van der Waals surface area contributed by atoms with E-state index in [2.05, 4.69) is 10.6 Å². The van der Waals surface area contributed by atoms with E-state index in [0.29, 0.717) is 17.1 Å². The van der Waals surface area contributed by atoms with Gasteiger partial charge in [0.1, 0.15) is 11.3 Å². The maximum atomic E-state index is 12.0. The van der Waals surface area contributed by atoms with Crippen LogP contribution in [0.2, 0.25) is 0 Å². The summed E-state index contributed by atoms with van der Waals surface area (Å²) in [6, 6.07) is 16.5. The Labute approximate surface area is 139 Å². The zero-order valence-electron chi connectivity index (χ0n) is 13.1. The normalized spacial score (nSPS) is 10.9. The zero-order valence-corrected chi connectivity index (χ0v) is 13.1. The van der Waals surface area contributed by atoms with E-state index in [1.54, 1.807) is 30.3 Å². The minimum Gasteiger partial charge on any atom is -0.457 e. The van der Waals surface area contributed by atoms with Gasteiger partial charge in [0.2, 0.25) is 11.8 Å². The van der Waals surface area contributed by atoms with Crippen molar-refractivity contribution in [1.82, 2.24) is 0 Å². The Morgan fingerprint density at radius 1 is 0.958 bits per heavy atom. The fourth-order valence-corrected chi connectivity index (χ4v) is 2.30. The Bertz CT molecular complexity index is 892. The van der Waals surface area contributed by atoms with E-state index < -0.39 is 0 Å². The third kappa shape index (κ3) is 3.89. The number of amides is 2. The maximum Gasteiger partial charge on any atom is 0.248 e. The molecule has 0 atom stereocenters. The molecule has 2 aromatic carbocycles. The summed E-state index contributed by atoms with van der Waals surface area (Å²) < 4.78 is 5.62. The van der Waals surface area contributed by atoms with E-state index in [1.807, 2.05) is 30.3 Å². The lowest BCUT2D eigenvalue weighted by molar-refractivity contribution is -0.114. The molecule has 5 heteroatoms. The Balaban J connectivity index is 1.67. The molecule has 120 valence electrons. The average Bonchev–Trinajstić information content (AvgIpc) is 2.95. The van der Waals surface area contributed by atoms with Crippen LogP contribution in [0.15, 0.2) is 65.1 Å². The van der Waals surface area contributed by atoms with Crippen molar-refractivity contribution >= 4 is 40.2 Å². The Morgan fingerprint density at radius 2 is 1.71 bits per heavy atom. The third-order valence-electron chi connectivity index (χ3n) is 3.29. The first-order valence-electron chi connectivity index (χ1n) is 7.45. The summed E-state index contributed by atoms with van der Waals surface area (Å²) in [5.41, 5.74) is 2.00. The monoisotopic (exact) mass is 320 g/mol. The van der Waals surface area contributed by atoms with Crippen LogP contribution in [0.25, 0.3) is 17.0 Å². The molecule has 24 heavy (non-hydrogen) atoms. The van der Waals surface area contributed by atoms with Gasteiger partial charge in [-0.15, -0.1) is 0 Å². The molecule has 0 aliphatic rings. The molecular formula is C19H16N2O3. The van der Waals surface area contributed by atoms with Gasteiger partial charge < -0.3 is 15.1 Å². The van der Waals surface area contributed by atoms with E-state index in [4.69, 9.17) is 4.42 Å². The average molecular weight is 320 g/mol. The minimum absolute atomic E-state index is 0.164. The van der Waals surface area contributed by atoms with E-state index in [0.717, 1.165) is 11.0 Å². The molecule has 5 nitrogen and oxygen atoms in total. The van der Waals surface area contributed by atoms with Crippen LogP contribution in [0, 0.1) is 0 Å². The Hall–Kier alpha value is -3.34. The molecule has 0 fully saturated rings. The second-order valence-corrected chi connectivity index (χ2v) is 5.27. The molecule has 0 aliphatic carbocycles. The maximum absolute atomic E-state index is 12.0. The number of nitrogens with one attached hydrogen (secondary N) is 2. The number of anilines is 2. The first-order chi connectivity index (χ1) is 11.6. The van der Waals surface area contributed by atoms with Gasteiger partial charge in [0, 0.05) is 29.8 Å². The third-order valence-corrected chi connectivity index (χ3v) is 3.29. The van der Waals surface area contributed by atoms with Crippen molar-refractivity contribution < 1.29 is 14.0 Å². The number of furan rings is 1. The van der Waals surface area contributed by atoms with Crippen LogP contribution in [0.4, 0.5) is 11.4 Å². The van der Waals surface area contributed by atoms with Crippen molar-refractivity contribution in [3.05, 3.63) is 66.4 Å². The van der Waals surface area contributed by atoms with Gasteiger partial charge in [-0.2, -0.15) is 0 Å². The molecular weight excluding hydrogens is 304 g/mol. The molecule has 0 spiro atoms. The molecule has 2 N–H and O–H groups in total. The summed E-state index contributed by atoms with van der Waals surface area (Å²) in [6.45, 7) is 1.43. The van der Waals surface area contributed by atoms with Crippen LogP contribution in [0.3, 0.4) is 0 Å². The molecule has 0 saturated carbocycles. The van der Waals surface area contributed by atoms with Crippen molar-refractivity contribution in [1.29, 1.82) is 0 Å². The van der Waals surface area contributed by atoms with Crippen molar-refractivity contribution in [3.63, 3.8) is 0 Å². The van der Waals surface area contributed by atoms with E-state index in [-0.39, 0.29) is 11.8 Å². The Morgan fingerprint density at radius 3 is 2.46 bits per heavy atom. The lowest BCUT2D eigenvalue weighted by atomic mass is 10.2. The highest BCUT2D eigenvalue weighted by Crippen LogP contribution is 2.20. The smallest absolute Gasteiger partial charge is 0.248 e. The summed E-state index contributed by atoms with van der Waals surface area (Å²) in [5.74, 6) is 0.164. The number of hydrogen-bond donors (Lipinski definition) is 2. The molecule has 2 amide bonds. The highest BCUT2D eigenvalue weighted by molar-refractivity contribution is 6.02. The number of benzene rings is 2. The summed E-state index contributed by atoms with van der Waals surface area (Å²) in [4.78, 5) is 23.1. The molecule has 1 heterocycles. The van der Waals surface area contributed by atoms with Gasteiger partial charge in [-0.25, -0.2) is 0 Å². The van der Waals surface area contributed by atoms with Crippen LogP contribution in [-0.2, 0) is 9.59 Å². The van der Waals surface area contributed by atoms with E-state index in [9.17, 15) is 9.59 Å². The van der Waals surface area contributed by atoms with Crippen LogP contribution in [0.1, 0.15) is 12.7 Å². The number of carbonyl (C=O) groups is 2. The van der Waals surface area contributed by atoms with Crippen LogP contribution in [-0.4, -0.2) is 11.8 Å². The lowest BCUT2D eigenvalue weighted by Gasteiger charge is -2.05. The van der Waals surface area contributed by atoms with E-state index >= 15 is 0 Å². The largest absolute Gasteiger partial charge is 0.457 e. The van der Waals surface area contributed by atoms with Crippen molar-refractivity contribution in [2.45, 2.75) is 6.92 Å². The SMILES string of the molecule is CC(=O)Nc1cccc(NC(=O)/C=C/c2cc3ccccc3o2)c1. The van der Waals surface area contributed by atoms with Gasteiger partial charge in [0.05, 0.1) is 0 Å². The van der Waals surface area contributed by atoms with E-state index in [1.165, 1.54) is 13.0 Å². The van der Waals surface area contributed by atoms with Crippen molar-refractivity contribution in [2.75, 3.05) is 10.6 Å². The van der Waals surface area contributed by atoms with Gasteiger partial charge in [-0.05, 0) is 36.4 Å². The predicted octanol–water partition coefficient (Wildman–Crippen LogP) is 4.04. The molecule has 0 bridgehead atoms. The number of carbonyl (C=O) groups excluding carboxylic acids is 2. The highest BCUT2D eigenvalue weighted by Gasteiger charge is 2.03. The summed E-state index contributed by atoms with van der Waals surface area (Å²) >= 11 is 0. The van der Waals surface area contributed by atoms with Gasteiger partial charge in [0.25, 0.3) is 0 Å². The van der Waals surface area contributed by atoms with Gasteiger partial charge in [-0.1, -0.05) is 24.3 Å². The predicted molar refractivity (Wildman–Crippen MR) is 94.6 cm³/mol. The topological polar surface area (TPSA) is 71.3 Å². The molecule has 0 unspecified atom stereocenters. The molecule has 0 saturated heterocycles. The quantitative estimate of drug-likeness (QED) is 0.713. The van der Waals surface area contributed by atoms with Crippen LogP contribution >= 0.6 is 0 Å². The van der Waals surface area contributed by atoms with Gasteiger partial charge in [0.15, 0.2) is 0 Å². The fourth-order valence-electron chi connectivity index (χ4n) is 2.30.